The normalized spacial score (nSPS) is 12.8. The van der Waals surface area contributed by atoms with Crippen LogP contribution in [0.25, 0.3) is 0 Å². The van der Waals surface area contributed by atoms with Gasteiger partial charge in [0.2, 0.25) is 0 Å². The molecule has 0 aliphatic rings. The summed E-state index contributed by atoms with van der Waals surface area (Å²) in [5.74, 6) is 0.259. The topological polar surface area (TPSA) is 81.8 Å². The van der Waals surface area contributed by atoms with Crippen LogP contribution in [0.4, 0.5) is 0 Å². The van der Waals surface area contributed by atoms with Crippen LogP contribution in [0.1, 0.15) is 45.7 Å². The molecular weight excluding hydrogens is 258 g/mol. The summed E-state index contributed by atoms with van der Waals surface area (Å²) < 4.78 is 10.6. The number of benzene rings is 1. The first-order valence-corrected chi connectivity index (χ1v) is 6.66. The highest BCUT2D eigenvalue weighted by atomic mass is 16.5. The number of rotatable bonds is 5. The molecule has 5 nitrogen and oxygen atoms in total. The lowest BCUT2D eigenvalue weighted by Crippen LogP contribution is -2.23. The van der Waals surface area contributed by atoms with Crippen LogP contribution in [-0.4, -0.2) is 23.3 Å². The van der Waals surface area contributed by atoms with Gasteiger partial charge in [0.15, 0.2) is 0 Å². The fourth-order valence-corrected chi connectivity index (χ4v) is 1.76. The van der Waals surface area contributed by atoms with E-state index in [2.05, 4.69) is 0 Å². The molecule has 1 atom stereocenters. The van der Waals surface area contributed by atoms with Crippen molar-refractivity contribution in [3.8, 4) is 11.5 Å². The Morgan fingerprint density at radius 3 is 2.60 bits per heavy atom. The van der Waals surface area contributed by atoms with Gasteiger partial charge in [-0.2, -0.15) is 0 Å². The fraction of sp³-hybridized carbons (Fsp3) is 0.533. The first-order valence-electron chi connectivity index (χ1n) is 6.66. The van der Waals surface area contributed by atoms with Gasteiger partial charge in [0.05, 0.1) is 13.0 Å². The van der Waals surface area contributed by atoms with Gasteiger partial charge in [0.25, 0.3) is 0 Å². The molecule has 1 rings (SSSR count). The summed E-state index contributed by atoms with van der Waals surface area (Å²) in [7, 11) is 0. The Hall–Kier alpha value is -1.75. The van der Waals surface area contributed by atoms with Crippen molar-refractivity contribution in [2.24, 2.45) is 5.73 Å². The van der Waals surface area contributed by atoms with E-state index in [9.17, 15) is 9.90 Å². The summed E-state index contributed by atoms with van der Waals surface area (Å²) in [5, 5.41) is 9.86. The second-order valence-electron chi connectivity index (χ2n) is 5.55. The van der Waals surface area contributed by atoms with Gasteiger partial charge < -0.3 is 20.3 Å². The molecular formula is C15H23NO4. The van der Waals surface area contributed by atoms with Crippen LogP contribution < -0.4 is 10.5 Å². The molecule has 0 unspecified atom stereocenters. The van der Waals surface area contributed by atoms with E-state index in [1.54, 1.807) is 19.1 Å². The lowest BCUT2D eigenvalue weighted by atomic mass is 10.0. The van der Waals surface area contributed by atoms with Crippen molar-refractivity contribution in [2.45, 2.75) is 45.8 Å². The van der Waals surface area contributed by atoms with Gasteiger partial charge in [0.1, 0.15) is 17.1 Å². The van der Waals surface area contributed by atoms with Gasteiger partial charge >= 0.3 is 5.97 Å². The number of aromatic hydroxyl groups is 1. The summed E-state index contributed by atoms with van der Waals surface area (Å²) >= 11 is 0. The molecule has 0 aromatic heterocycles. The Balaban J connectivity index is 2.87. The van der Waals surface area contributed by atoms with Crippen molar-refractivity contribution in [3.05, 3.63) is 23.8 Å². The zero-order valence-electron chi connectivity index (χ0n) is 12.5. The molecule has 0 bridgehead atoms. The molecule has 0 saturated heterocycles. The van der Waals surface area contributed by atoms with Crippen LogP contribution in [0.3, 0.4) is 0 Å². The predicted molar refractivity (Wildman–Crippen MR) is 76.7 cm³/mol. The SMILES string of the molecule is CCOC(=O)C[C@H](N)c1cc(OC(C)(C)C)ccc1O. The van der Waals surface area contributed by atoms with Crippen LogP contribution in [0.5, 0.6) is 11.5 Å². The Labute approximate surface area is 119 Å². The molecule has 0 radical (unpaired) electrons. The first-order chi connectivity index (χ1) is 9.23. The van der Waals surface area contributed by atoms with Crippen molar-refractivity contribution < 1.29 is 19.4 Å². The molecule has 20 heavy (non-hydrogen) atoms. The fourth-order valence-electron chi connectivity index (χ4n) is 1.76. The number of hydrogen-bond donors (Lipinski definition) is 2. The third-order valence-electron chi connectivity index (χ3n) is 2.51. The van der Waals surface area contributed by atoms with E-state index in [0.717, 1.165) is 0 Å². The molecule has 112 valence electrons. The summed E-state index contributed by atoms with van der Waals surface area (Å²) in [4.78, 5) is 11.4. The van der Waals surface area contributed by atoms with Crippen LogP contribution in [0.2, 0.25) is 0 Å². The number of esters is 1. The van der Waals surface area contributed by atoms with Gasteiger partial charge in [-0.3, -0.25) is 4.79 Å². The summed E-state index contributed by atoms with van der Waals surface area (Å²) in [6.45, 7) is 7.83. The van der Waals surface area contributed by atoms with E-state index in [-0.39, 0.29) is 23.7 Å². The standard InChI is InChI=1S/C15H23NO4/c1-5-19-14(18)9-12(16)11-8-10(6-7-13(11)17)20-15(2,3)4/h6-8,12,17H,5,9,16H2,1-4H3/t12-/m0/s1. The molecule has 0 spiro atoms. The van der Waals surface area contributed by atoms with E-state index < -0.39 is 6.04 Å². The van der Waals surface area contributed by atoms with Crippen molar-refractivity contribution in [1.29, 1.82) is 0 Å². The molecule has 0 aliphatic carbocycles. The Morgan fingerprint density at radius 1 is 1.40 bits per heavy atom. The molecule has 0 saturated carbocycles. The van der Waals surface area contributed by atoms with Crippen LogP contribution in [-0.2, 0) is 9.53 Å². The summed E-state index contributed by atoms with van der Waals surface area (Å²) in [6, 6.07) is 4.21. The molecule has 0 aliphatic heterocycles. The van der Waals surface area contributed by atoms with E-state index >= 15 is 0 Å². The first kappa shape index (κ1) is 16.3. The minimum atomic E-state index is -0.627. The second kappa shape index (κ2) is 6.61. The van der Waals surface area contributed by atoms with Gasteiger partial charge in [-0.15, -0.1) is 0 Å². The Bertz CT molecular complexity index is 465. The Kier molecular flexibility index (Phi) is 5.39. The van der Waals surface area contributed by atoms with Crippen molar-refractivity contribution in [3.63, 3.8) is 0 Å². The van der Waals surface area contributed by atoms with Crippen LogP contribution >= 0.6 is 0 Å². The molecule has 1 aromatic carbocycles. The Morgan fingerprint density at radius 2 is 2.05 bits per heavy atom. The maximum absolute atomic E-state index is 11.4. The molecule has 5 heteroatoms. The lowest BCUT2D eigenvalue weighted by molar-refractivity contribution is -0.143. The van der Waals surface area contributed by atoms with Crippen molar-refractivity contribution >= 4 is 5.97 Å². The van der Waals surface area contributed by atoms with E-state index in [4.69, 9.17) is 15.2 Å². The summed E-state index contributed by atoms with van der Waals surface area (Å²) in [5.41, 5.74) is 6.07. The highest BCUT2D eigenvalue weighted by Gasteiger charge is 2.18. The van der Waals surface area contributed by atoms with Gasteiger partial charge in [0, 0.05) is 11.6 Å². The summed E-state index contributed by atoms with van der Waals surface area (Å²) in [6.07, 6.45) is 0.0143. The predicted octanol–water partition coefficient (Wildman–Crippen LogP) is 2.52. The lowest BCUT2D eigenvalue weighted by Gasteiger charge is -2.22. The monoisotopic (exact) mass is 281 g/mol. The maximum Gasteiger partial charge on any atom is 0.307 e. The zero-order chi connectivity index (χ0) is 15.3. The number of nitrogens with two attached hydrogens (primary N) is 1. The highest BCUT2D eigenvalue weighted by molar-refractivity contribution is 5.70. The van der Waals surface area contributed by atoms with Crippen LogP contribution in [0.15, 0.2) is 18.2 Å². The average Bonchev–Trinajstić information content (AvgIpc) is 2.30. The number of phenolic OH excluding ortho intramolecular Hbond substituents is 1. The van der Waals surface area contributed by atoms with Crippen LogP contribution in [0, 0.1) is 0 Å². The third kappa shape index (κ3) is 5.09. The third-order valence-corrected chi connectivity index (χ3v) is 2.51. The number of carbonyl (C=O) groups excluding carboxylic acids is 1. The quantitative estimate of drug-likeness (QED) is 0.810. The van der Waals surface area contributed by atoms with Gasteiger partial charge in [-0.1, -0.05) is 0 Å². The van der Waals surface area contributed by atoms with E-state index in [1.807, 2.05) is 20.8 Å². The molecule has 0 amide bonds. The van der Waals surface area contributed by atoms with E-state index in [0.29, 0.717) is 17.9 Å². The minimum Gasteiger partial charge on any atom is -0.508 e. The number of carbonyl (C=O) groups is 1. The van der Waals surface area contributed by atoms with Gasteiger partial charge in [-0.25, -0.2) is 0 Å². The largest absolute Gasteiger partial charge is 0.508 e. The van der Waals surface area contributed by atoms with Crippen molar-refractivity contribution in [1.82, 2.24) is 0 Å². The zero-order valence-corrected chi connectivity index (χ0v) is 12.5. The molecule has 1 aromatic rings. The van der Waals surface area contributed by atoms with E-state index in [1.165, 1.54) is 6.07 Å². The second-order valence-corrected chi connectivity index (χ2v) is 5.55. The smallest absolute Gasteiger partial charge is 0.307 e. The molecule has 3 N–H and O–H groups in total. The van der Waals surface area contributed by atoms with Crippen molar-refractivity contribution in [2.75, 3.05) is 6.61 Å². The minimum absolute atomic E-state index is 0.0143. The molecule has 0 fully saturated rings. The number of hydrogen-bond acceptors (Lipinski definition) is 5. The highest BCUT2D eigenvalue weighted by Crippen LogP contribution is 2.30. The number of phenols is 1. The number of ether oxygens (including phenoxy) is 2. The molecule has 0 heterocycles. The average molecular weight is 281 g/mol. The maximum atomic E-state index is 11.4. The van der Waals surface area contributed by atoms with Gasteiger partial charge in [-0.05, 0) is 45.9 Å².